The van der Waals surface area contributed by atoms with Crippen LogP contribution in [0.1, 0.15) is 29.3 Å². The number of rotatable bonds is 3. The molecule has 94 valence electrons. The van der Waals surface area contributed by atoms with Gasteiger partial charge in [-0.05, 0) is 6.07 Å². The number of carboxylic acid groups (broad SMARTS) is 1. The number of aromatic carboxylic acids is 1. The maximum Gasteiger partial charge on any atom is 0.337 e. The van der Waals surface area contributed by atoms with E-state index in [-0.39, 0.29) is 16.5 Å². The first-order valence-electron chi connectivity index (χ1n) is 5.11. The van der Waals surface area contributed by atoms with Crippen molar-refractivity contribution in [1.82, 2.24) is 4.98 Å². The zero-order chi connectivity index (χ0) is 13.5. The van der Waals surface area contributed by atoms with E-state index in [1.54, 1.807) is 0 Å². The number of aromatic nitrogens is 1. The van der Waals surface area contributed by atoms with Crippen LogP contribution in [0.15, 0.2) is 12.3 Å². The van der Waals surface area contributed by atoms with Crippen LogP contribution < -0.4 is 5.73 Å². The lowest BCUT2D eigenvalue weighted by atomic mass is 10.2. The molecule has 0 fully saturated rings. The van der Waals surface area contributed by atoms with Crippen LogP contribution in [-0.4, -0.2) is 26.9 Å². The number of nitrogens with zero attached hydrogens (tertiary/aromatic N) is 1. The molecule has 1 aromatic heterocycles. The van der Waals surface area contributed by atoms with Crippen molar-refractivity contribution in [2.45, 2.75) is 13.3 Å². The highest BCUT2D eigenvalue weighted by atomic mass is 32.2. The van der Waals surface area contributed by atoms with Gasteiger partial charge in [-0.15, -0.1) is 0 Å². The van der Waals surface area contributed by atoms with Crippen molar-refractivity contribution in [3.05, 3.63) is 23.4 Å². The normalized spacial score (nSPS) is 9.39. The minimum Gasteiger partial charge on any atom is -0.478 e. The third-order valence-electron chi connectivity index (χ3n) is 1.92. The number of carboxylic acids is 1. The fraction of sp³-hybridized carbons (Fsp3) is 0.250. The highest BCUT2D eigenvalue weighted by molar-refractivity contribution is 8.13. The first-order valence-corrected chi connectivity index (χ1v) is 6.10. The molecule has 0 saturated carbocycles. The van der Waals surface area contributed by atoms with Crippen LogP contribution >= 0.6 is 11.8 Å². The summed E-state index contributed by atoms with van der Waals surface area (Å²) >= 11 is 1.20. The molecule has 5 nitrogen and oxygen atoms in total. The highest BCUT2D eigenvalue weighted by Gasteiger charge is 2.05. The first kappa shape index (κ1) is 14.1. The predicted octanol–water partition coefficient (Wildman–Crippen LogP) is 1.38. The minimum absolute atomic E-state index is 0.0471. The molecule has 0 radical (unpaired) electrons. The molecule has 0 unspecified atom stereocenters. The Balaban J connectivity index is 2.71. The molecule has 6 heteroatoms. The van der Waals surface area contributed by atoms with Crippen LogP contribution in [0.5, 0.6) is 0 Å². The Kier molecular flexibility index (Phi) is 5.21. The van der Waals surface area contributed by atoms with E-state index in [0.29, 0.717) is 17.7 Å². The maximum absolute atomic E-state index is 10.7. The fourth-order valence-electron chi connectivity index (χ4n) is 1.10. The van der Waals surface area contributed by atoms with Gasteiger partial charge in [0.05, 0.1) is 11.1 Å². The predicted molar refractivity (Wildman–Crippen MR) is 70.2 cm³/mol. The van der Waals surface area contributed by atoms with Crippen LogP contribution in [0.4, 0.5) is 5.82 Å². The minimum atomic E-state index is -1.07. The number of pyridine rings is 1. The summed E-state index contributed by atoms with van der Waals surface area (Å²) in [4.78, 5) is 25.2. The lowest BCUT2D eigenvalue weighted by Gasteiger charge is -1.98. The van der Waals surface area contributed by atoms with Gasteiger partial charge in [0, 0.05) is 25.3 Å². The summed E-state index contributed by atoms with van der Waals surface area (Å²) < 4.78 is 0. The van der Waals surface area contributed by atoms with Crippen molar-refractivity contribution < 1.29 is 14.7 Å². The Morgan fingerprint density at radius 1 is 1.56 bits per heavy atom. The quantitative estimate of drug-likeness (QED) is 0.633. The molecule has 1 rings (SSSR count). The van der Waals surface area contributed by atoms with E-state index in [4.69, 9.17) is 10.8 Å². The number of carbonyl (C=O) groups is 2. The van der Waals surface area contributed by atoms with Crippen LogP contribution in [-0.2, 0) is 4.79 Å². The number of nitrogen functional groups attached to an aromatic ring is 1. The molecule has 0 bridgehead atoms. The van der Waals surface area contributed by atoms with Gasteiger partial charge >= 0.3 is 5.97 Å². The SMILES string of the molecule is CC(=O)SCCC#Cc1cc(C(=O)O)cnc1N. The van der Waals surface area contributed by atoms with Gasteiger partial charge < -0.3 is 10.8 Å². The number of thioether (sulfide) groups is 1. The van der Waals surface area contributed by atoms with Gasteiger partial charge in [-0.3, -0.25) is 4.79 Å². The van der Waals surface area contributed by atoms with Crippen molar-refractivity contribution in [2.75, 3.05) is 11.5 Å². The molecule has 1 aromatic rings. The third-order valence-corrected chi connectivity index (χ3v) is 2.74. The second-order valence-corrected chi connectivity index (χ2v) is 4.63. The van der Waals surface area contributed by atoms with E-state index in [0.717, 1.165) is 0 Å². The Hall–Kier alpha value is -2.00. The van der Waals surface area contributed by atoms with Crippen LogP contribution in [0.25, 0.3) is 0 Å². The van der Waals surface area contributed by atoms with E-state index in [1.807, 2.05) is 0 Å². The standard InChI is InChI=1S/C12H12N2O3S/c1-8(15)18-5-3-2-4-9-6-10(12(16)17)7-14-11(9)13/h6-7H,3,5H2,1H3,(H2,13,14)(H,16,17). The van der Waals surface area contributed by atoms with Crippen molar-refractivity contribution in [3.8, 4) is 11.8 Å². The molecule has 0 spiro atoms. The van der Waals surface area contributed by atoms with Gasteiger partial charge in [0.25, 0.3) is 0 Å². The van der Waals surface area contributed by atoms with Crippen LogP contribution in [0.2, 0.25) is 0 Å². The average Bonchev–Trinajstić information content (AvgIpc) is 2.30. The molecule has 18 heavy (non-hydrogen) atoms. The molecular formula is C12H12N2O3S. The Labute approximate surface area is 109 Å². The number of hydrogen-bond donors (Lipinski definition) is 2. The molecule has 0 aliphatic rings. The van der Waals surface area contributed by atoms with E-state index in [9.17, 15) is 9.59 Å². The van der Waals surface area contributed by atoms with Crippen molar-refractivity contribution >= 4 is 28.7 Å². The molecule has 0 aliphatic carbocycles. The van der Waals surface area contributed by atoms with Crippen LogP contribution in [0, 0.1) is 11.8 Å². The molecule has 0 amide bonds. The summed E-state index contributed by atoms with van der Waals surface area (Å²) in [5, 5.41) is 8.85. The molecule has 0 aliphatic heterocycles. The summed E-state index contributed by atoms with van der Waals surface area (Å²) in [5.74, 6) is 5.32. The monoisotopic (exact) mass is 264 g/mol. The van der Waals surface area contributed by atoms with Gasteiger partial charge in [0.2, 0.25) is 0 Å². The fourth-order valence-corrected chi connectivity index (χ4v) is 1.59. The van der Waals surface area contributed by atoms with E-state index < -0.39 is 5.97 Å². The number of anilines is 1. The van der Waals surface area contributed by atoms with Gasteiger partial charge in [0.1, 0.15) is 5.82 Å². The van der Waals surface area contributed by atoms with Gasteiger partial charge in [0.15, 0.2) is 5.12 Å². The number of carbonyl (C=O) groups excluding carboxylic acids is 1. The summed E-state index contributed by atoms with van der Waals surface area (Å²) in [6.07, 6.45) is 1.72. The van der Waals surface area contributed by atoms with E-state index in [1.165, 1.54) is 30.9 Å². The molecule has 0 saturated heterocycles. The Morgan fingerprint density at radius 3 is 2.89 bits per heavy atom. The average molecular weight is 264 g/mol. The molecule has 0 aromatic carbocycles. The largest absolute Gasteiger partial charge is 0.478 e. The number of hydrogen-bond acceptors (Lipinski definition) is 5. The molecule has 3 N–H and O–H groups in total. The lowest BCUT2D eigenvalue weighted by Crippen LogP contribution is -2.01. The lowest BCUT2D eigenvalue weighted by molar-refractivity contribution is -0.109. The van der Waals surface area contributed by atoms with E-state index in [2.05, 4.69) is 16.8 Å². The van der Waals surface area contributed by atoms with Gasteiger partial charge in [-0.2, -0.15) is 0 Å². The first-order chi connectivity index (χ1) is 8.50. The smallest absolute Gasteiger partial charge is 0.337 e. The van der Waals surface area contributed by atoms with Crippen molar-refractivity contribution in [2.24, 2.45) is 0 Å². The third kappa shape index (κ3) is 4.47. The van der Waals surface area contributed by atoms with Crippen LogP contribution in [0.3, 0.4) is 0 Å². The Morgan fingerprint density at radius 2 is 2.28 bits per heavy atom. The van der Waals surface area contributed by atoms with E-state index >= 15 is 0 Å². The molecule has 0 atom stereocenters. The topological polar surface area (TPSA) is 93.3 Å². The summed E-state index contributed by atoms with van der Waals surface area (Å²) in [7, 11) is 0. The number of nitrogens with two attached hydrogens (primary N) is 1. The highest BCUT2D eigenvalue weighted by Crippen LogP contribution is 2.10. The summed E-state index contributed by atoms with van der Waals surface area (Å²) in [6, 6.07) is 1.38. The summed E-state index contributed by atoms with van der Waals surface area (Å²) in [6.45, 7) is 1.50. The second-order valence-electron chi connectivity index (χ2n) is 3.35. The van der Waals surface area contributed by atoms with Gasteiger partial charge in [-0.25, -0.2) is 9.78 Å². The van der Waals surface area contributed by atoms with Gasteiger partial charge in [-0.1, -0.05) is 23.6 Å². The van der Waals surface area contributed by atoms with Crippen molar-refractivity contribution in [1.29, 1.82) is 0 Å². The summed E-state index contributed by atoms with van der Waals surface area (Å²) in [5.41, 5.74) is 6.03. The van der Waals surface area contributed by atoms with Crippen molar-refractivity contribution in [3.63, 3.8) is 0 Å². The second kappa shape index (κ2) is 6.67. The zero-order valence-electron chi connectivity index (χ0n) is 9.77. The molecular weight excluding hydrogens is 252 g/mol. The molecule has 1 heterocycles. The zero-order valence-corrected chi connectivity index (χ0v) is 10.6. The maximum atomic E-state index is 10.7. The Bertz CT molecular complexity index is 532.